The first kappa shape index (κ1) is 15.5. The summed E-state index contributed by atoms with van der Waals surface area (Å²) in [6.45, 7) is 1.87. The van der Waals surface area contributed by atoms with Gasteiger partial charge in [-0.3, -0.25) is 14.7 Å². The number of rotatable bonds is 2. The average Bonchev–Trinajstić information content (AvgIpc) is 3.03. The number of amides is 1. The van der Waals surface area contributed by atoms with E-state index in [1.807, 2.05) is 18.4 Å². The first-order chi connectivity index (χ1) is 10.9. The predicted molar refractivity (Wildman–Crippen MR) is 92.0 cm³/mol. The van der Waals surface area contributed by atoms with Gasteiger partial charge in [-0.05, 0) is 41.8 Å². The first-order valence-corrected chi connectivity index (χ1v) is 8.39. The van der Waals surface area contributed by atoms with E-state index in [0.717, 1.165) is 27.8 Å². The summed E-state index contributed by atoms with van der Waals surface area (Å²) in [5.41, 5.74) is 8.14. The lowest BCUT2D eigenvalue weighted by Crippen LogP contribution is -2.43. The quantitative estimate of drug-likeness (QED) is 0.904. The number of aromatic nitrogens is 1. The van der Waals surface area contributed by atoms with Gasteiger partial charge in [0.25, 0.3) is 5.24 Å². The summed E-state index contributed by atoms with van der Waals surface area (Å²) in [4.78, 5) is 22.1. The number of thioether (sulfide) groups is 1. The molecule has 0 aliphatic carbocycles. The minimum absolute atomic E-state index is 0.136. The molecule has 3 heterocycles. The lowest BCUT2D eigenvalue weighted by molar-refractivity contribution is 0.247. The van der Waals surface area contributed by atoms with E-state index >= 15 is 0 Å². The van der Waals surface area contributed by atoms with Crippen LogP contribution in [0.5, 0.6) is 0 Å². The number of thiophene rings is 1. The Balaban J connectivity index is 1.99. The lowest BCUT2D eigenvalue weighted by Gasteiger charge is -2.31. The van der Waals surface area contributed by atoms with Gasteiger partial charge in [0.05, 0.1) is 5.56 Å². The Morgan fingerprint density at radius 2 is 2.13 bits per heavy atom. The Labute approximate surface area is 141 Å². The number of hydrogen-bond donors (Lipinski definition) is 1. The van der Waals surface area contributed by atoms with Crippen LogP contribution in [-0.4, -0.2) is 28.1 Å². The Morgan fingerprint density at radius 3 is 2.83 bits per heavy atom. The summed E-state index contributed by atoms with van der Waals surface area (Å²) in [6, 6.07) is 5.83. The predicted octanol–water partition coefficient (Wildman–Crippen LogP) is 2.97. The maximum absolute atomic E-state index is 12.0. The zero-order valence-corrected chi connectivity index (χ0v) is 14.1. The van der Waals surface area contributed by atoms with Crippen molar-refractivity contribution >= 4 is 34.3 Å². The van der Waals surface area contributed by atoms with Crippen LogP contribution in [0.4, 0.5) is 4.79 Å². The van der Waals surface area contributed by atoms with Crippen molar-refractivity contribution in [2.75, 3.05) is 7.05 Å². The highest BCUT2D eigenvalue weighted by molar-refractivity contribution is 8.14. The third-order valence-electron chi connectivity index (χ3n) is 3.49. The molecule has 0 spiro atoms. The Hall–Kier alpha value is -2.37. The maximum atomic E-state index is 12.0. The SMILES string of the molecule is CN1C(=O)S[C@@](C)(c2cc(-c3cncc(C#N)c3)cs2)N=C1N. The number of hydrogen-bond acceptors (Lipinski definition) is 7. The topological polar surface area (TPSA) is 95.4 Å². The molecule has 3 rings (SSSR count). The molecule has 23 heavy (non-hydrogen) atoms. The van der Waals surface area contributed by atoms with Crippen molar-refractivity contribution in [3.63, 3.8) is 0 Å². The Bertz CT molecular complexity index is 854. The van der Waals surface area contributed by atoms with Gasteiger partial charge in [0.15, 0.2) is 5.96 Å². The number of pyridine rings is 1. The number of nitrogens with zero attached hydrogens (tertiary/aromatic N) is 4. The zero-order chi connectivity index (χ0) is 16.6. The molecule has 8 heteroatoms. The molecule has 1 aliphatic rings. The summed E-state index contributed by atoms with van der Waals surface area (Å²) in [5.74, 6) is 0.208. The molecule has 0 saturated carbocycles. The third kappa shape index (κ3) is 2.81. The van der Waals surface area contributed by atoms with E-state index in [1.54, 1.807) is 19.3 Å². The highest BCUT2D eigenvalue weighted by Crippen LogP contribution is 2.45. The molecule has 6 nitrogen and oxygen atoms in total. The van der Waals surface area contributed by atoms with Crippen LogP contribution in [0.3, 0.4) is 0 Å². The Kier molecular flexibility index (Phi) is 3.83. The highest BCUT2D eigenvalue weighted by Gasteiger charge is 2.38. The van der Waals surface area contributed by atoms with Gasteiger partial charge in [0.1, 0.15) is 10.9 Å². The molecule has 0 radical (unpaired) electrons. The summed E-state index contributed by atoms with van der Waals surface area (Å²) >= 11 is 2.64. The standard InChI is InChI=1S/C15H13N5OS2/c1-15(19-13(17)20(2)14(21)23-15)12-4-11(8-22-12)10-3-9(5-16)6-18-7-10/h3-4,6-8H,1-2H3,(H2,17,19)/t15-/m0/s1. The summed E-state index contributed by atoms with van der Waals surface area (Å²) in [5, 5.41) is 10.8. The van der Waals surface area contributed by atoms with Crippen LogP contribution in [0.1, 0.15) is 17.4 Å². The second kappa shape index (κ2) is 5.68. The van der Waals surface area contributed by atoms with E-state index in [-0.39, 0.29) is 11.2 Å². The molecule has 2 aromatic rings. The van der Waals surface area contributed by atoms with Crippen LogP contribution in [0, 0.1) is 11.3 Å². The summed E-state index contributed by atoms with van der Waals surface area (Å²) in [6.07, 6.45) is 3.23. The minimum atomic E-state index is -0.739. The number of carbonyl (C=O) groups is 1. The second-order valence-electron chi connectivity index (χ2n) is 5.15. The van der Waals surface area contributed by atoms with Crippen molar-refractivity contribution in [1.82, 2.24) is 9.88 Å². The molecule has 2 aromatic heterocycles. The van der Waals surface area contributed by atoms with Crippen molar-refractivity contribution in [1.29, 1.82) is 5.26 Å². The van der Waals surface area contributed by atoms with Gasteiger partial charge in [0.2, 0.25) is 0 Å². The monoisotopic (exact) mass is 343 g/mol. The van der Waals surface area contributed by atoms with E-state index < -0.39 is 4.87 Å². The van der Waals surface area contributed by atoms with Crippen LogP contribution in [0.25, 0.3) is 11.1 Å². The highest BCUT2D eigenvalue weighted by atomic mass is 32.2. The number of aliphatic imine (C=N–C) groups is 1. The third-order valence-corrected chi connectivity index (χ3v) is 5.92. The molecule has 1 aliphatic heterocycles. The molecule has 1 amide bonds. The largest absolute Gasteiger partial charge is 0.369 e. The van der Waals surface area contributed by atoms with E-state index in [4.69, 9.17) is 11.0 Å². The molecule has 1 atom stereocenters. The summed E-state index contributed by atoms with van der Waals surface area (Å²) in [7, 11) is 1.60. The maximum Gasteiger partial charge on any atom is 0.290 e. The Morgan fingerprint density at radius 1 is 1.35 bits per heavy atom. The van der Waals surface area contributed by atoms with Gasteiger partial charge < -0.3 is 5.73 Å². The molecule has 116 valence electrons. The van der Waals surface area contributed by atoms with Gasteiger partial charge in [-0.25, -0.2) is 4.99 Å². The molecule has 0 fully saturated rings. The molecule has 0 unspecified atom stereocenters. The zero-order valence-electron chi connectivity index (χ0n) is 12.5. The van der Waals surface area contributed by atoms with E-state index in [2.05, 4.69) is 16.0 Å². The van der Waals surface area contributed by atoms with Crippen LogP contribution in [0.2, 0.25) is 0 Å². The van der Waals surface area contributed by atoms with Crippen molar-refractivity contribution in [2.24, 2.45) is 10.7 Å². The smallest absolute Gasteiger partial charge is 0.290 e. The summed E-state index contributed by atoms with van der Waals surface area (Å²) < 4.78 is 0. The van der Waals surface area contributed by atoms with Crippen LogP contribution >= 0.6 is 23.1 Å². The van der Waals surface area contributed by atoms with E-state index in [1.165, 1.54) is 22.4 Å². The molecular formula is C15H13N5OS2. The molecular weight excluding hydrogens is 330 g/mol. The van der Waals surface area contributed by atoms with Crippen molar-refractivity contribution in [2.45, 2.75) is 11.8 Å². The number of carbonyl (C=O) groups excluding carboxylic acids is 1. The van der Waals surface area contributed by atoms with Crippen LogP contribution < -0.4 is 5.73 Å². The molecule has 0 bridgehead atoms. The fourth-order valence-electron chi connectivity index (χ4n) is 2.14. The van der Waals surface area contributed by atoms with Crippen molar-refractivity contribution in [3.8, 4) is 17.2 Å². The van der Waals surface area contributed by atoms with Gasteiger partial charge in [-0.1, -0.05) is 0 Å². The van der Waals surface area contributed by atoms with Crippen LogP contribution in [0.15, 0.2) is 34.9 Å². The normalized spacial score (nSPS) is 21.0. The second-order valence-corrected chi connectivity index (χ2v) is 7.41. The fraction of sp³-hybridized carbons (Fsp3) is 0.200. The van der Waals surface area contributed by atoms with Crippen LogP contribution in [-0.2, 0) is 4.87 Å². The number of nitriles is 1. The average molecular weight is 343 g/mol. The molecule has 2 N–H and O–H groups in total. The van der Waals surface area contributed by atoms with E-state index in [9.17, 15) is 4.79 Å². The van der Waals surface area contributed by atoms with Gasteiger partial charge >= 0.3 is 0 Å². The first-order valence-electron chi connectivity index (χ1n) is 6.69. The van der Waals surface area contributed by atoms with Gasteiger partial charge in [-0.2, -0.15) is 5.26 Å². The van der Waals surface area contributed by atoms with Crippen molar-refractivity contribution < 1.29 is 4.79 Å². The molecule has 0 saturated heterocycles. The van der Waals surface area contributed by atoms with Gasteiger partial charge in [-0.15, -0.1) is 11.3 Å². The number of guanidine groups is 1. The molecule has 0 aromatic carbocycles. The van der Waals surface area contributed by atoms with Crippen molar-refractivity contribution in [3.05, 3.63) is 40.3 Å². The lowest BCUT2D eigenvalue weighted by atomic mass is 10.1. The fourth-order valence-corrected chi connectivity index (χ4v) is 4.20. The van der Waals surface area contributed by atoms with E-state index in [0.29, 0.717) is 5.56 Å². The minimum Gasteiger partial charge on any atom is -0.369 e. The number of nitrogens with two attached hydrogens (primary N) is 1. The van der Waals surface area contributed by atoms with Gasteiger partial charge in [0, 0.05) is 29.9 Å².